The van der Waals surface area contributed by atoms with Crippen molar-refractivity contribution in [2.75, 3.05) is 0 Å². The molecule has 0 fully saturated rings. The largest absolute Gasteiger partial charge is 0.365 e. The Labute approximate surface area is 114 Å². The Kier molecular flexibility index (Phi) is 2.84. The van der Waals surface area contributed by atoms with Gasteiger partial charge in [-0.3, -0.25) is 4.79 Å². The van der Waals surface area contributed by atoms with Gasteiger partial charge in [-0.1, -0.05) is 17.7 Å². The van der Waals surface area contributed by atoms with Gasteiger partial charge in [0.2, 0.25) is 0 Å². The van der Waals surface area contributed by atoms with Gasteiger partial charge < -0.3 is 5.73 Å². The molecule has 0 aliphatic heterocycles. The van der Waals surface area contributed by atoms with Crippen LogP contribution in [0, 0.1) is 0 Å². The first-order valence-electron chi connectivity index (χ1n) is 5.69. The zero-order valence-electron chi connectivity index (χ0n) is 9.52. The maximum atomic E-state index is 11.1. The smallest absolute Gasteiger partial charge is 0.260 e. The number of aromatic nitrogens is 1. The molecule has 1 aliphatic rings. The molecule has 1 amide bonds. The summed E-state index contributed by atoms with van der Waals surface area (Å²) in [5, 5.41) is 1.69. The average Bonchev–Trinajstić information content (AvgIpc) is 2.93. The molecule has 1 heterocycles. The molecule has 92 valence electrons. The van der Waals surface area contributed by atoms with Gasteiger partial charge in [-0.15, -0.1) is 11.3 Å². The third-order valence-corrected chi connectivity index (χ3v) is 4.61. The Morgan fingerprint density at radius 1 is 1.50 bits per heavy atom. The molecule has 1 aliphatic carbocycles. The molecule has 2 N–H and O–H groups in total. The van der Waals surface area contributed by atoms with Crippen molar-refractivity contribution in [1.82, 2.24) is 4.98 Å². The molecule has 2 aromatic rings. The molecule has 1 aromatic heterocycles. The third-order valence-electron chi connectivity index (χ3n) is 3.25. The standard InChI is InChI=1S/C13H11ClN2OS/c14-8-3-1-7-2-4-9(10(7)5-8)13-16-6-11(18-13)12(15)17/h1,3,5-6,9H,2,4H2,(H2,15,17)/t9-/m1/s1. The van der Waals surface area contributed by atoms with E-state index in [1.807, 2.05) is 12.1 Å². The SMILES string of the molecule is NC(=O)c1cnc([C@@H]2CCc3ccc(Cl)cc32)s1. The average molecular weight is 279 g/mol. The summed E-state index contributed by atoms with van der Waals surface area (Å²) < 4.78 is 0. The normalized spacial score (nSPS) is 17.7. The van der Waals surface area contributed by atoms with Gasteiger partial charge in [0.25, 0.3) is 5.91 Å². The number of thiazole rings is 1. The molecule has 0 spiro atoms. The summed E-state index contributed by atoms with van der Waals surface area (Å²) in [6.07, 6.45) is 3.61. The highest BCUT2D eigenvalue weighted by molar-refractivity contribution is 7.13. The number of fused-ring (bicyclic) bond motifs is 1. The predicted molar refractivity (Wildman–Crippen MR) is 72.2 cm³/mol. The fourth-order valence-corrected chi connectivity index (χ4v) is 3.50. The van der Waals surface area contributed by atoms with Gasteiger partial charge in [0.1, 0.15) is 9.88 Å². The van der Waals surface area contributed by atoms with E-state index in [0.717, 1.165) is 22.9 Å². The number of amides is 1. The Morgan fingerprint density at radius 3 is 3.06 bits per heavy atom. The highest BCUT2D eigenvalue weighted by Crippen LogP contribution is 2.40. The van der Waals surface area contributed by atoms with E-state index in [-0.39, 0.29) is 5.92 Å². The highest BCUT2D eigenvalue weighted by atomic mass is 35.5. The van der Waals surface area contributed by atoms with Crippen LogP contribution in [0.15, 0.2) is 24.4 Å². The number of hydrogen-bond acceptors (Lipinski definition) is 3. The number of hydrogen-bond donors (Lipinski definition) is 1. The summed E-state index contributed by atoms with van der Waals surface area (Å²) in [5.74, 6) is -0.167. The minimum absolute atomic E-state index is 0.247. The number of primary amides is 1. The molecule has 0 radical (unpaired) electrons. The summed E-state index contributed by atoms with van der Waals surface area (Å²) in [4.78, 5) is 15.9. The van der Waals surface area contributed by atoms with Gasteiger partial charge in [0.05, 0.1) is 6.20 Å². The Hall–Kier alpha value is -1.39. The molecule has 1 atom stereocenters. The van der Waals surface area contributed by atoms with Crippen LogP contribution < -0.4 is 5.73 Å². The van der Waals surface area contributed by atoms with E-state index in [9.17, 15) is 4.79 Å². The van der Waals surface area contributed by atoms with E-state index in [0.29, 0.717) is 4.88 Å². The predicted octanol–water partition coefficient (Wildman–Crippen LogP) is 2.97. The van der Waals surface area contributed by atoms with Crippen molar-refractivity contribution < 1.29 is 4.79 Å². The lowest BCUT2D eigenvalue weighted by atomic mass is 10.0. The second-order valence-electron chi connectivity index (χ2n) is 4.36. The second-order valence-corrected chi connectivity index (χ2v) is 5.86. The van der Waals surface area contributed by atoms with E-state index in [4.69, 9.17) is 17.3 Å². The van der Waals surface area contributed by atoms with E-state index < -0.39 is 5.91 Å². The number of nitrogens with two attached hydrogens (primary N) is 1. The van der Waals surface area contributed by atoms with Crippen LogP contribution in [0.3, 0.4) is 0 Å². The minimum Gasteiger partial charge on any atom is -0.365 e. The summed E-state index contributed by atoms with van der Waals surface area (Å²) in [7, 11) is 0. The molecule has 3 nitrogen and oxygen atoms in total. The molecule has 5 heteroatoms. The van der Waals surface area contributed by atoms with Crippen LogP contribution in [0.25, 0.3) is 0 Å². The van der Waals surface area contributed by atoms with Gasteiger partial charge in [0, 0.05) is 10.9 Å². The van der Waals surface area contributed by atoms with Crippen molar-refractivity contribution in [3.63, 3.8) is 0 Å². The van der Waals surface area contributed by atoms with Gasteiger partial charge >= 0.3 is 0 Å². The van der Waals surface area contributed by atoms with E-state index in [1.54, 1.807) is 6.20 Å². The molecular formula is C13H11ClN2OS. The van der Waals surface area contributed by atoms with Gasteiger partial charge in [-0.25, -0.2) is 4.98 Å². The van der Waals surface area contributed by atoms with E-state index in [2.05, 4.69) is 11.1 Å². The van der Waals surface area contributed by atoms with Crippen molar-refractivity contribution in [2.45, 2.75) is 18.8 Å². The lowest BCUT2D eigenvalue weighted by molar-refractivity contribution is 0.100. The van der Waals surface area contributed by atoms with Crippen LogP contribution in [0.2, 0.25) is 5.02 Å². The van der Waals surface area contributed by atoms with Crippen molar-refractivity contribution in [1.29, 1.82) is 0 Å². The second kappa shape index (κ2) is 4.37. The van der Waals surface area contributed by atoms with Crippen molar-refractivity contribution in [3.8, 4) is 0 Å². The first-order chi connectivity index (χ1) is 8.65. The number of carbonyl (C=O) groups is 1. The quantitative estimate of drug-likeness (QED) is 0.918. The minimum atomic E-state index is -0.414. The maximum absolute atomic E-state index is 11.1. The third kappa shape index (κ3) is 1.91. The highest BCUT2D eigenvalue weighted by Gasteiger charge is 2.27. The molecule has 0 bridgehead atoms. The van der Waals surface area contributed by atoms with Crippen LogP contribution in [-0.2, 0) is 6.42 Å². The zero-order valence-corrected chi connectivity index (χ0v) is 11.1. The van der Waals surface area contributed by atoms with Crippen LogP contribution >= 0.6 is 22.9 Å². The fourth-order valence-electron chi connectivity index (χ4n) is 2.39. The van der Waals surface area contributed by atoms with Gasteiger partial charge in [-0.05, 0) is 36.1 Å². The molecule has 3 rings (SSSR count). The number of halogens is 1. The fraction of sp³-hybridized carbons (Fsp3) is 0.231. The summed E-state index contributed by atoms with van der Waals surface area (Å²) in [6, 6.07) is 5.99. The van der Waals surface area contributed by atoms with Crippen LogP contribution in [0.1, 0.15) is 38.1 Å². The molecule has 0 unspecified atom stereocenters. The molecule has 0 saturated carbocycles. The number of carbonyl (C=O) groups excluding carboxylic acids is 1. The summed E-state index contributed by atoms with van der Waals surface area (Å²) in [5.41, 5.74) is 7.80. The lowest BCUT2D eigenvalue weighted by Gasteiger charge is -2.08. The molecular weight excluding hydrogens is 268 g/mol. The number of benzene rings is 1. The lowest BCUT2D eigenvalue weighted by Crippen LogP contribution is -2.08. The maximum Gasteiger partial charge on any atom is 0.260 e. The number of rotatable bonds is 2. The summed E-state index contributed by atoms with van der Waals surface area (Å²) >= 11 is 7.42. The first-order valence-corrected chi connectivity index (χ1v) is 6.88. The number of nitrogens with zero attached hydrogens (tertiary/aromatic N) is 1. The Morgan fingerprint density at radius 2 is 2.33 bits per heavy atom. The molecule has 0 saturated heterocycles. The van der Waals surface area contributed by atoms with Crippen molar-refractivity contribution in [2.24, 2.45) is 5.73 Å². The topological polar surface area (TPSA) is 56.0 Å². The zero-order chi connectivity index (χ0) is 12.7. The van der Waals surface area contributed by atoms with Crippen molar-refractivity contribution >= 4 is 28.8 Å². The van der Waals surface area contributed by atoms with Crippen LogP contribution in [0.4, 0.5) is 0 Å². The first kappa shape index (κ1) is 11.7. The summed E-state index contributed by atoms with van der Waals surface area (Å²) in [6.45, 7) is 0. The molecule has 18 heavy (non-hydrogen) atoms. The van der Waals surface area contributed by atoms with Crippen LogP contribution in [-0.4, -0.2) is 10.9 Å². The Bertz CT molecular complexity index is 623. The van der Waals surface area contributed by atoms with E-state index in [1.165, 1.54) is 22.5 Å². The van der Waals surface area contributed by atoms with Crippen LogP contribution in [0.5, 0.6) is 0 Å². The molecule has 1 aromatic carbocycles. The van der Waals surface area contributed by atoms with Crippen molar-refractivity contribution in [3.05, 3.63) is 50.4 Å². The Balaban J connectivity index is 2.00. The monoisotopic (exact) mass is 278 g/mol. The van der Waals surface area contributed by atoms with Gasteiger partial charge in [0.15, 0.2) is 0 Å². The number of aryl methyl sites for hydroxylation is 1. The van der Waals surface area contributed by atoms with E-state index >= 15 is 0 Å². The van der Waals surface area contributed by atoms with Gasteiger partial charge in [-0.2, -0.15) is 0 Å².